The zero-order valence-electron chi connectivity index (χ0n) is 21.3. The summed E-state index contributed by atoms with van der Waals surface area (Å²) in [6.07, 6.45) is 2.88. The molecular formula is C30H29ClN4O2S. The maximum Gasteiger partial charge on any atom is 0.226 e. The maximum atomic E-state index is 12.9. The highest BCUT2D eigenvalue weighted by Crippen LogP contribution is 2.41. The molecule has 8 heteroatoms. The van der Waals surface area contributed by atoms with Crippen molar-refractivity contribution >= 4 is 40.5 Å². The van der Waals surface area contributed by atoms with Gasteiger partial charge in [0.25, 0.3) is 0 Å². The summed E-state index contributed by atoms with van der Waals surface area (Å²) in [5.74, 6) is 1.40. The van der Waals surface area contributed by atoms with Gasteiger partial charge in [-0.05, 0) is 73.1 Å². The molecule has 1 saturated heterocycles. The molecular weight excluding hydrogens is 516 g/mol. The number of furan rings is 1. The van der Waals surface area contributed by atoms with E-state index in [9.17, 15) is 4.79 Å². The summed E-state index contributed by atoms with van der Waals surface area (Å²) < 4.78 is 6.42. The number of rotatable bonds is 8. The topological polar surface area (TPSA) is 70.4 Å². The van der Waals surface area contributed by atoms with E-state index in [1.807, 2.05) is 84.6 Å². The minimum atomic E-state index is -0.277. The first-order valence-electron chi connectivity index (χ1n) is 12.7. The van der Waals surface area contributed by atoms with Gasteiger partial charge in [-0.15, -0.1) is 0 Å². The van der Waals surface area contributed by atoms with Crippen LogP contribution in [0.25, 0.3) is 11.3 Å². The molecule has 5 rings (SSSR count). The summed E-state index contributed by atoms with van der Waals surface area (Å²) in [5, 5.41) is 7.72. The zero-order valence-corrected chi connectivity index (χ0v) is 22.9. The number of carbonyl (C=O) groups is 1. The number of benzene rings is 2. The monoisotopic (exact) mass is 544 g/mol. The molecule has 3 heterocycles. The molecule has 2 N–H and O–H groups in total. The van der Waals surface area contributed by atoms with Crippen LogP contribution < -0.4 is 10.6 Å². The molecule has 0 aliphatic carbocycles. The van der Waals surface area contributed by atoms with Crippen LogP contribution in [0.5, 0.6) is 0 Å². The van der Waals surface area contributed by atoms with E-state index < -0.39 is 0 Å². The van der Waals surface area contributed by atoms with Crippen molar-refractivity contribution in [2.24, 2.45) is 0 Å². The zero-order chi connectivity index (χ0) is 26.6. The van der Waals surface area contributed by atoms with Gasteiger partial charge < -0.3 is 20.0 Å². The number of nitrogens with one attached hydrogen (secondary N) is 2. The Morgan fingerprint density at radius 1 is 1.11 bits per heavy atom. The highest BCUT2D eigenvalue weighted by atomic mass is 35.5. The van der Waals surface area contributed by atoms with Crippen LogP contribution in [0.1, 0.15) is 48.0 Å². The average molecular weight is 545 g/mol. The summed E-state index contributed by atoms with van der Waals surface area (Å²) >= 11 is 12.1. The Bertz CT molecular complexity index is 1460. The van der Waals surface area contributed by atoms with Crippen molar-refractivity contribution in [3.05, 3.63) is 107 Å². The number of halogens is 1. The van der Waals surface area contributed by atoms with Crippen molar-refractivity contribution in [1.29, 1.82) is 0 Å². The van der Waals surface area contributed by atoms with E-state index in [1.165, 1.54) is 0 Å². The van der Waals surface area contributed by atoms with Crippen LogP contribution in [-0.2, 0) is 11.2 Å². The van der Waals surface area contributed by atoms with Gasteiger partial charge in [0.1, 0.15) is 17.6 Å². The first-order valence-corrected chi connectivity index (χ1v) is 13.5. The number of aromatic nitrogens is 1. The summed E-state index contributed by atoms with van der Waals surface area (Å²) in [6, 6.07) is 22.9. The van der Waals surface area contributed by atoms with Crippen LogP contribution in [0, 0.1) is 6.92 Å². The van der Waals surface area contributed by atoms with Crippen molar-refractivity contribution in [2.75, 3.05) is 11.9 Å². The second-order valence-electron chi connectivity index (χ2n) is 9.24. The van der Waals surface area contributed by atoms with Gasteiger partial charge in [0.2, 0.25) is 5.91 Å². The fourth-order valence-corrected chi connectivity index (χ4v) is 5.38. The van der Waals surface area contributed by atoms with Gasteiger partial charge in [0, 0.05) is 35.4 Å². The Hall–Kier alpha value is -3.68. The van der Waals surface area contributed by atoms with Crippen molar-refractivity contribution < 1.29 is 9.21 Å². The Morgan fingerprint density at radius 3 is 2.71 bits per heavy atom. The minimum absolute atomic E-state index is 0.0663. The number of nitrogens with zero attached hydrogens (tertiary/aromatic N) is 2. The largest absolute Gasteiger partial charge is 0.459 e. The first kappa shape index (κ1) is 25.9. The lowest BCUT2D eigenvalue weighted by Crippen LogP contribution is -2.32. The summed E-state index contributed by atoms with van der Waals surface area (Å²) in [7, 11) is 0. The highest BCUT2D eigenvalue weighted by Gasteiger charge is 2.41. The van der Waals surface area contributed by atoms with Crippen LogP contribution in [0.15, 0.2) is 83.4 Å². The number of hydrogen-bond acceptors (Lipinski definition) is 4. The average Bonchev–Trinajstić information content (AvgIpc) is 3.54. The normalized spacial score (nSPS) is 16.9. The molecule has 4 aromatic rings. The highest BCUT2D eigenvalue weighted by molar-refractivity contribution is 7.80. The predicted molar refractivity (Wildman–Crippen MR) is 155 cm³/mol. The van der Waals surface area contributed by atoms with Crippen LogP contribution in [0.4, 0.5) is 5.69 Å². The SMILES string of the molecule is CCc1ccccc1NC(=O)CCN1C(=S)N[C@@H](c2ccccn2)[C@@H]1c1ccc(-c2cccc(Cl)c2C)o1. The van der Waals surface area contributed by atoms with Gasteiger partial charge in [0.05, 0.1) is 11.7 Å². The van der Waals surface area contributed by atoms with E-state index >= 15 is 0 Å². The maximum absolute atomic E-state index is 12.9. The molecule has 0 saturated carbocycles. The molecule has 2 atom stereocenters. The molecule has 0 bridgehead atoms. The lowest BCUT2D eigenvalue weighted by atomic mass is 10.0. The number of para-hydroxylation sites is 1. The number of thiocarbonyl (C=S) groups is 1. The third kappa shape index (κ3) is 5.30. The van der Waals surface area contributed by atoms with Gasteiger partial charge in [-0.1, -0.05) is 54.9 Å². The van der Waals surface area contributed by atoms with Crippen molar-refractivity contribution in [2.45, 2.75) is 38.8 Å². The molecule has 2 aromatic heterocycles. The second-order valence-corrected chi connectivity index (χ2v) is 10.0. The lowest BCUT2D eigenvalue weighted by molar-refractivity contribution is -0.116. The first-order chi connectivity index (χ1) is 18.5. The Morgan fingerprint density at radius 2 is 1.92 bits per heavy atom. The van der Waals surface area contributed by atoms with Gasteiger partial charge in [-0.25, -0.2) is 0 Å². The van der Waals surface area contributed by atoms with Gasteiger partial charge in [-0.3, -0.25) is 9.78 Å². The summed E-state index contributed by atoms with van der Waals surface area (Å²) in [4.78, 5) is 19.5. The second kappa shape index (κ2) is 11.4. The van der Waals surface area contributed by atoms with E-state index in [4.69, 9.17) is 28.2 Å². The number of amides is 1. The predicted octanol–water partition coefficient (Wildman–Crippen LogP) is 6.87. The van der Waals surface area contributed by atoms with Crippen molar-refractivity contribution in [3.8, 4) is 11.3 Å². The van der Waals surface area contributed by atoms with Gasteiger partial charge in [-0.2, -0.15) is 0 Å². The van der Waals surface area contributed by atoms with Gasteiger partial charge in [0.15, 0.2) is 5.11 Å². The number of carbonyl (C=O) groups excluding carboxylic acids is 1. The van der Waals surface area contributed by atoms with Crippen molar-refractivity contribution in [3.63, 3.8) is 0 Å². The Balaban J connectivity index is 1.41. The molecule has 1 aliphatic rings. The van der Waals surface area contributed by atoms with Gasteiger partial charge >= 0.3 is 0 Å². The van der Waals surface area contributed by atoms with E-state index in [0.29, 0.717) is 16.7 Å². The third-order valence-electron chi connectivity index (χ3n) is 6.90. The fourth-order valence-electron chi connectivity index (χ4n) is 4.87. The molecule has 38 heavy (non-hydrogen) atoms. The fraction of sp³-hybridized carbons (Fsp3) is 0.233. The summed E-state index contributed by atoms with van der Waals surface area (Å²) in [5.41, 5.74) is 4.69. The van der Waals surface area contributed by atoms with Crippen molar-refractivity contribution in [1.82, 2.24) is 15.2 Å². The van der Waals surface area contributed by atoms with E-state index in [0.717, 1.165) is 46.0 Å². The number of pyridine rings is 1. The van der Waals surface area contributed by atoms with Crippen LogP contribution >= 0.6 is 23.8 Å². The quantitative estimate of drug-likeness (QED) is 0.236. The van der Waals surface area contributed by atoms with E-state index in [1.54, 1.807) is 6.20 Å². The van der Waals surface area contributed by atoms with Crippen LogP contribution in [0.2, 0.25) is 5.02 Å². The minimum Gasteiger partial charge on any atom is -0.459 e. The number of anilines is 1. The molecule has 1 fully saturated rings. The lowest BCUT2D eigenvalue weighted by Gasteiger charge is -2.26. The Kier molecular flexibility index (Phi) is 7.77. The molecule has 0 radical (unpaired) electrons. The Labute approximate surface area is 233 Å². The smallest absolute Gasteiger partial charge is 0.226 e. The third-order valence-corrected chi connectivity index (χ3v) is 7.66. The molecule has 1 aliphatic heterocycles. The van der Waals surface area contributed by atoms with E-state index in [2.05, 4.69) is 22.5 Å². The standard InChI is InChI=1S/C30H29ClN4O2S/c1-3-20-9-4-5-12-23(20)33-27(36)16-18-35-29(28(34-30(35)38)24-13-6-7-17-32-24)26-15-14-25(37-26)21-10-8-11-22(31)19(21)2/h4-15,17,28-29H,3,16,18H2,1-2H3,(H,33,36)(H,34,38)/t28-,29-/m0/s1. The molecule has 0 spiro atoms. The van der Waals surface area contributed by atoms with Crippen LogP contribution in [0.3, 0.4) is 0 Å². The number of aryl methyl sites for hydroxylation is 1. The molecule has 0 unspecified atom stereocenters. The van der Waals surface area contributed by atoms with Crippen LogP contribution in [-0.4, -0.2) is 27.4 Å². The van der Waals surface area contributed by atoms with E-state index in [-0.39, 0.29) is 24.4 Å². The molecule has 6 nitrogen and oxygen atoms in total. The molecule has 1 amide bonds. The molecule has 2 aromatic carbocycles. The summed E-state index contributed by atoms with van der Waals surface area (Å²) in [6.45, 7) is 4.47. The molecule has 194 valence electrons. The number of hydrogen-bond donors (Lipinski definition) is 2.